The Labute approximate surface area is 141 Å². The molecule has 1 fully saturated rings. The van der Waals surface area contributed by atoms with E-state index in [1.165, 1.54) is 12.1 Å². The van der Waals surface area contributed by atoms with Gasteiger partial charge in [-0.3, -0.25) is 0 Å². The number of amides is 1. The molecule has 132 valence electrons. The number of cyclic esters (lactones) is 1. The van der Waals surface area contributed by atoms with Crippen LogP contribution in [0.25, 0.3) is 0 Å². The fourth-order valence-corrected chi connectivity index (χ4v) is 4.12. The molecule has 0 bridgehead atoms. The number of unbranched alkanes of at least 4 members (excludes halogenated alkanes) is 2. The highest BCUT2D eigenvalue weighted by molar-refractivity contribution is 7.89. The number of carboxylic acid groups (broad SMARTS) is 1. The van der Waals surface area contributed by atoms with Crippen LogP contribution in [0.1, 0.15) is 38.2 Å². The van der Waals surface area contributed by atoms with Gasteiger partial charge in [-0.05, 0) is 31.9 Å². The second-order valence-corrected chi connectivity index (χ2v) is 7.63. The van der Waals surface area contributed by atoms with Crippen LogP contribution in [-0.2, 0) is 19.6 Å². The van der Waals surface area contributed by atoms with E-state index < -0.39 is 34.2 Å². The zero-order valence-corrected chi connectivity index (χ0v) is 14.5. The molecular weight excluding hydrogens is 334 g/mol. The van der Waals surface area contributed by atoms with Gasteiger partial charge in [0, 0.05) is 0 Å². The first-order chi connectivity index (χ1) is 11.3. The molecule has 1 N–H and O–H groups in total. The summed E-state index contributed by atoms with van der Waals surface area (Å²) in [5.74, 6) is -1.39. The summed E-state index contributed by atoms with van der Waals surface area (Å²) >= 11 is 0. The standard InChI is InChI=1S/C16H21NO6S/c1-3-4-5-6-13-14(15(18)19)17(16(20)23-13)24(21,22)12-9-7-11(2)8-10-12/h7-10,13-14H,3-6H2,1-2H3,(H,18,19)/t13-,14-/m1/s1. The molecule has 24 heavy (non-hydrogen) atoms. The van der Waals surface area contributed by atoms with Crippen LogP contribution in [0.4, 0.5) is 4.79 Å². The lowest BCUT2D eigenvalue weighted by molar-refractivity contribution is -0.141. The Balaban J connectivity index is 2.34. The number of hydrogen-bond acceptors (Lipinski definition) is 5. The third-order valence-electron chi connectivity index (χ3n) is 3.96. The Bertz CT molecular complexity index is 713. The normalized spacial score (nSPS) is 20.9. The van der Waals surface area contributed by atoms with E-state index in [4.69, 9.17) is 4.74 Å². The molecule has 0 radical (unpaired) electrons. The van der Waals surface area contributed by atoms with Crippen molar-refractivity contribution in [3.05, 3.63) is 29.8 Å². The lowest BCUT2D eigenvalue weighted by Gasteiger charge is -2.20. The van der Waals surface area contributed by atoms with E-state index in [1.807, 2.05) is 6.92 Å². The summed E-state index contributed by atoms with van der Waals surface area (Å²) in [6.07, 6.45) is 0.647. The first-order valence-corrected chi connectivity index (χ1v) is 9.27. The number of aryl methyl sites for hydroxylation is 1. The Morgan fingerprint density at radius 2 is 1.88 bits per heavy atom. The van der Waals surface area contributed by atoms with Gasteiger partial charge in [-0.15, -0.1) is 0 Å². The van der Waals surface area contributed by atoms with Crippen molar-refractivity contribution in [2.24, 2.45) is 0 Å². The zero-order chi connectivity index (χ0) is 17.9. The molecule has 2 atom stereocenters. The van der Waals surface area contributed by atoms with Crippen LogP contribution in [0.5, 0.6) is 0 Å². The van der Waals surface area contributed by atoms with Crippen molar-refractivity contribution in [3.63, 3.8) is 0 Å². The van der Waals surface area contributed by atoms with E-state index in [1.54, 1.807) is 19.1 Å². The number of hydrogen-bond donors (Lipinski definition) is 1. The van der Waals surface area contributed by atoms with Crippen molar-refractivity contribution in [1.82, 2.24) is 4.31 Å². The Hall–Kier alpha value is -2.09. The number of sulfonamides is 1. The van der Waals surface area contributed by atoms with Crippen molar-refractivity contribution < 1.29 is 27.9 Å². The minimum Gasteiger partial charge on any atom is -0.480 e. The Morgan fingerprint density at radius 3 is 2.42 bits per heavy atom. The first-order valence-electron chi connectivity index (χ1n) is 7.83. The number of carbonyl (C=O) groups excluding carboxylic acids is 1. The molecule has 0 aromatic heterocycles. The average Bonchev–Trinajstić information content (AvgIpc) is 2.85. The predicted molar refractivity (Wildman–Crippen MR) is 86.0 cm³/mol. The molecule has 0 spiro atoms. The van der Waals surface area contributed by atoms with E-state index in [9.17, 15) is 23.1 Å². The summed E-state index contributed by atoms with van der Waals surface area (Å²) in [5, 5.41) is 9.44. The van der Waals surface area contributed by atoms with Gasteiger partial charge in [0.05, 0.1) is 4.90 Å². The van der Waals surface area contributed by atoms with Crippen molar-refractivity contribution in [2.45, 2.75) is 56.6 Å². The summed E-state index contributed by atoms with van der Waals surface area (Å²) in [4.78, 5) is 23.5. The van der Waals surface area contributed by atoms with Gasteiger partial charge in [0.15, 0.2) is 6.04 Å². The van der Waals surface area contributed by atoms with Gasteiger partial charge in [-0.1, -0.05) is 37.5 Å². The molecule has 0 unspecified atom stereocenters. The molecule has 1 aliphatic rings. The van der Waals surface area contributed by atoms with Gasteiger partial charge >= 0.3 is 12.1 Å². The Morgan fingerprint density at radius 1 is 1.25 bits per heavy atom. The van der Waals surface area contributed by atoms with Crippen molar-refractivity contribution in [1.29, 1.82) is 0 Å². The monoisotopic (exact) mass is 355 g/mol. The van der Waals surface area contributed by atoms with Gasteiger partial charge in [-0.2, -0.15) is 4.31 Å². The molecule has 0 saturated carbocycles. The van der Waals surface area contributed by atoms with Crippen LogP contribution in [-0.4, -0.2) is 42.0 Å². The highest BCUT2D eigenvalue weighted by Gasteiger charge is 2.52. The van der Waals surface area contributed by atoms with Gasteiger partial charge in [0.25, 0.3) is 10.0 Å². The maximum Gasteiger partial charge on any atom is 0.425 e. The molecule has 1 aromatic carbocycles. The van der Waals surface area contributed by atoms with Crippen LogP contribution < -0.4 is 0 Å². The van der Waals surface area contributed by atoms with Crippen molar-refractivity contribution in [2.75, 3.05) is 0 Å². The van der Waals surface area contributed by atoms with E-state index >= 15 is 0 Å². The maximum absolute atomic E-state index is 12.7. The van der Waals surface area contributed by atoms with Crippen molar-refractivity contribution in [3.8, 4) is 0 Å². The summed E-state index contributed by atoms with van der Waals surface area (Å²) in [6, 6.07) is 4.33. The van der Waals surface area contributed by atoms with E-state index in [0.717, 1.165) is 18.4 Å². The lowest BCUT2D eigenvalue weighted by atomic mass is 10.1. The molecule has 2 rings (SSSR count). The minimum atomic E-state index is -4.28. The summed E-state index contributed by atoms with van der Waals surface area (Å²) in [5.41, 5.74) is 0.852. The molecule has 1 aliphatic heterocycles. The number of ether oxygens (including phenoxy) is 1. The second kappa shape index (κ2) is 7.21. The van der Waals surface area contributed by atoms with E-state index in [0.29, 0.717) is 17.1 Å². The van der Waals surface area contributed by atoms with E-state index in [2.05, 4.69) is 0 Å². The Kier molecular flexibility index (Phi) is 5.48. The molecule has 7 nitrogen and oxygen atoms in total. The van der Waals surface area contributed by atoms with Crippen LogP contribution >= 0.6 is 0 Å². The number of rotatable bonds is 7. The zero-order valence-electron chi connectivity index (χ0n) is 13.6. The highest BCUT2D eigenvalue weighted by Crippen LogP contribution is 2.30. The minimum absolute atomic E-state index is 0.134. The fourth-order valence-electron chi connectivity index (χ4n) is 2.65. The first kappa shape index (κ1) is 18.3. The summed E-state index contributed by atoms with van der Waals surface area (Å²) < 4.78 is 30.8. The number of aliphatic carboxylic acids is 1. The molecule has 1 saturated heterocycles. The largest absolute Gasteiger partial charge is 0.480 e. The summed E-state index contributed by atoms with van der Waals surface area (Å²) in [7, 11) is -4.28. The molecule has 1 aromatic rings. The van der Waals surface area contributed by atoms with Crippen LogP contribution in [0.3, 0.4) is 0 Å². The topological polar surface area (TPSA) is 101 Å². The fraction of sp³-hybridized carbons (Fsp3) is 0.500. The molecule has 8 heteroatoms. The van der Waals surface area contributed by atoms with Gasteiger partial charge < -0.3 is 9.84 Å². The molecule has 1 heterocycles. The average molecular weight is 355 g/mol. The molecular formula is C16H21NO6S. The number of carboxylic acids is 1. The van der Waals surface area contributed by atoms with Gasteiger partial charge in [0.2, 0.25) is 0 Å². The SMILES string of the molecule is CCCCC[C@H]1OC(=O)N(S(=O)(=O)c2ccc(C)cc2)[C@H]1C(=O)O. The quantitative estimate of drug-likeness (QED) is 0.754. The number of nitrogens with zero attached hydrogens (tertiary/aromatic N) is 1. The van der Waals surface area contributed by atoms with Gasteiger partial charge in [-0.25, -0.2) is 18.0 Å². The van der Waals surface area contributed by atoms with Crippen molar-refractivity contribution >= 4 is 22.1 Å². The molecule has 0 aliphatic carbocycles. The molecule has 1 amide bonds. The van der Waals surface area contributed by atoms with E-state index in [-0.39, 0.29) is 4.90 Å². The number of benzene rings is 1. The smallest absolute Gasteiger partial charge is 0.425 e. The predicted octanol–water partition coefficient (Wildman–Crippen LogP) is 2.54. The lowest BCUT2D eigenvalue weighted by Crippen LogP contribution is -2.46. The van der Waals surface area contributed by atoms with Crippen LogP contribution in [0.15, 0.2) is 29.2 Å². The third kappa shape index (κ3) is 3.53. The number of carbonyl (C=O) groups is 2. The highest BCUT2D eigenvalue weighted by atomic mass is 32.2. The van der Waals surface area contributed by atoms with Crippen LogP contribution in [0.2, 0.25) is 0 Å². The second-order valence-electron chi connectivity index (χ2n) is 5.81. The third-order valence-corrected chi connectivity index (χ3v) is 5.72. The maximum atomic E-state index is 12.7. The van der Waals surface area contributed by atoms with Gasteiger partial charge in [0.1, 0.15) is 6.10 Å². The van der Waals surface area contributed by atoms with Crippen LogP contribution in [0, 0.1) is 6.92 Å². The summed E-state index contributed by atoms with van der Waals surface area (Å²) in [6.45, 7) is 3.79.